The van der Waals surface area contributed by atoms with Crippen LogP contribution in [0.15, 0.2) is 53.8 Å². The number of nitrogens with one attached hydrogen (secondary N) is 1. The monoisotopic (exact) mass is 628 g/mol. The molecule has 2 N–H and O–H groups in total. The fraction of sp³-hybridized carbons (Fsp3) is 0.286. The fourth-order valence-electron chi connectivity index (χ4n) is 5.78. The molecule has 9 nitrogen and oxygen atoms in total. The second kappa shape index (κ2) is 10.1. The van der Waals surface area contributed by atoms with Crippen molar-refractivity contribution in [3.8, 4) is 11.4 Å². The summed E-state index contributed by atoms with van der Waals surface area (Å²) in [6.45, 7) is 4.44. The van der Waals surface area contributed by atoms with Crippen molar-refractivity contribution in [1.82, 2.24) is 29.5 Å². The minimum Gasteiger partial charge on any atom is -0.506 e. The van der Waals surface area contributed by atoms with Crippen molar-refractivity contribution in [2.45, 2.75) is 31.5 Å². The zero-order valence-corrected chi connectivity index (χ0v) is 23.2. The highest BCUT2D eigenvalue weighted by atomic mass is 79.9. The van der Waals surface area contributed by atoms with E-state index in [0.717, 1.165) is 21.8 Å². The summed E-state index contributed by atoms with van der Waals surface area (Å²) in [4.78, 5) is 37.5. The molecule has 0 radical (unpaired) electrons. The van der Waals surface area contributed by atoms with E-state index in [9.17, 15) is 27.9 Å². The van der Waals surface area contributed by atoms with Crippen molar-refractivity contribution in [3.63, 3.8) is 0 Å². The van der Waals surface area contributed by atoms with Gasteiger partial charge in [-0.05, 0) is 51.8 Å². The maximum absolute atomic E-state index is 14.1. The molecule has 13 heteroatoms. The summed E-state index contributed by atoms with van der Waals surface area (Å²) in [5.74, 6) is -0.843. The largest absolute Gasteiger partial charge is 0.506 e. The molecular weight excluding hydrogens is 605 g/mol. The predicted molar refractivity (Wildman–Crippen MR) is 147 cm³/mol. The number of carbonyl (C=O) groups excluding carboxylic acids is 2. The number of benzene rings is 2. The van der Waals surface area contributed by atoms with Crippen LogP contribution < -0.4 is 0 Å². The van der Waals surface area contributed by atoms with Gasteiger partial charge in [0.15, 0.2) is 0 Å². The van der Waals surface area contributed by atoms with Crippen LogP contribution in [0.4, 0.5) is 13.2 Å². The molecule has 0 spiro atoms. The van der Waals surface area contributed by atoms with Gasteiger partial charge >= 0.3 is 6.18 Å². The maximum atomic E-state index is 14.1. The Bertz CT molecular complexity index is 1710. The third-order valence-electron chi connectivity index (χ3n) is 7.59. The molecule has 4 heterocycles. The number of nitrogens with zero attached hydrogens (tertiary/aromatic N) is 5. The summed E-state index contributed by atoms with van der Waals surface area (Å²) in [5, 5.41) is 15.5. The van der Waals surface area contributed by atoms with Gasteiger partial charge in [-0.1, -0.05) is 12.6 Å². The van der Waals surface area contributed by atoms with Crippen LogP contribution in [0.5, 0.6) is 5.75 Å². The van der Waals surface area contributed by atoms with Gasteiger partial charge in [-0.25, -0.2) is 9.67 Å². The molecule has 0 saturated carbocycles. The van der Waals surface area contributed by atoms with Crippen LogP contribution in [0.2, 0.25) is 0 Å². The SMILES string of the molecule is C=CC(=O)N1CCc2nn(-c3ccc(CC(F)(F)F)cc3O)c3c2C(C1)N(C(=O)c1ccc(Br)c2[nH]cnc12)CC3. The summed E-state index contributed by atoms with van der Waals surface area (Å²) in [6.07, 6.45) is -2.04. The smallest absolute Gasteiger partial charge is 0.393 e. The summed E-state index contributed by atoms with van der Waals surface area (Å²) >= 11 is 3.48. The van der Waals surface area contributed by atoms with E-state index in [-0.39, 0.29) is 41.9 Å². The van der Waals surface area contributed by atoms with Crippen LogP contribution in [0, 0.1) is 0 Å². The number of H-pyrrole nitrogens is 1. The van der Waals surface area contributed by atoms with Gasteiger partial charge in [0, 0.05) is 42.5 Å². The van der Waals surface area contributed by atoms with Gasteiger partial charge in [-0.15, -0.1) is 0 Å². The first-order valence-electron chi connectivity index (χ1n) is 12.9. The second-order valence-corrected chi connectivity index (χ2v) is 10.9. The normalized spacial score (nSPS) is 16.9. The van der Waals surface area contributed by atoms with Crippen LogP contribution in [-0.4, -0.2) is 72.3 Å². The molecule has 2 aromatic heterocycles. The van der Waals surface area contributed by atoms with Crippen molar-refractivity contribution in [2.75, 3.05) is 19.6 Å². The van der Waals surface area contributed by atoms with E-state index >= 15 is 0 Å². The Morgan fingerprint density at radius 2 is 2.00 bits per heavy atom. The quantitative estimate of drug-likeness (QED) is 0.321. The van der Waals surface area contributed by atoms with Crippen molar-refractivity contribution >= 4 is 38.8 Å². The number of hydrogen-bond donors (Lipinski definition) is 2. The van der Waals surface area contributed by atoms with Crippen molar-refractivity contribution in [1.29, 1.82) is 0 Å². The number of hydrogen-bond acceptors (Lipinski definition) is 5. The number of rotatable bonds is 4. The zero-order valence-electron chi connectivity index (χ0n) is 21.6. The minimum atomic E-state index is -4.41. The molecule has 2 aromatic carbocycles. The number of alkyl halides is 3. The second-order valence-electron chi connectivity index (χ2n) is 10.1. The van der Waals surface area contributed by atoms with Gasteiger partial charge < -0.3 is 19.9 Å². The highest BCUT2D eigenvalue weighted by Crippen LogP contribution is 2.39. The Balaban J connectivity index is 1.43. The highest BCUT2D eigenvalue weighted by molar-refractivity contribution is 9.10. The summed E-state index contributed by atoms with van der Waals surface area (Å²) in [5.41, 5.74) is 3.97. The number of phenols is 1. The molecule has 4 aromatic rings. The molecule has 41 heavy (non-hydrogen) atoms. The lowest BCUT2D eigenvalue weighted by Gasteiger charge is -2.38. The van der Waals surface area contributed by atoms with E-state index in [1.54, 1.807) is 26.6 Å². The zero-order chi connectivity index (χ0) is 29.1. The molecule has 0 bridgehead atoms. The minimum absolute atomic E-state index is 0.0616. The van der Waals surface area contributed by atoms with E-state index in [1.807, 2.05) is 0 Å². The van der Waals surface area contributed by atoms with Crippen LogP contribution in [-0.2, 0) is 24.1 Å². The number of fused-ring (bicyclic) bond motifs is 1. The molecule has 0 aliphatic carbocycles. The van der Waals surface area contributed by atoms with Crippen LogP contribution in [0.25, 0.3) is 16.7 Å². The van der Waals surface area contributed by atoms with Crippen molar-refractivity contribution < 1.29 is 27.9 Å². The Labute approximate surface area is 240 Å². The number of amides is 2. The molecule has 0 saturated heterocycles. The Morgan fingerprint density at radius 3 is 2.73 bits per heavy atom. The van der Waals surface area contributed by atoms with Crippen LogP contribution in [0.1, 0.15) is 38.9 Å². The first-order valence-corrected chi connectivity index (χ1v) is 13.7. The van der Waals surface area contributed by atoms with Gasteiger partial charge in [0.05, 0.1) is 41.3 Å². The molecule has 0 fully saturated rings. The number of aromatic nitrogens is 4. The molecule has 6 rings (SSSR count). The summed E-state index contributed by atoms with van der Waals surface area (Å²) in [6, 6.07) is 6.79. The first kappa shape index (κ1) is 27.1. The Kier molecular flexibility index (Phi) is 6.63. The van der Waals surface area contributed by atoms with E-state index in [2.05, 4.69) is 32.5 Å². The molecular formula is C28H24BrF3N6O3. The number of aromatic hydroxyl groups is 1. The number of aromatic amines is 1. The Hall–Kier alpha value is -4.13. The van der Waals surface area contributed by atoms with E-state index in [4.69, 9.17) is 5.10 Å². The topological polar surface area (TPSA) is 107 Å². The lowest BCUT2D eigenvalue weighted by molar-refractivity contribution is -0.127. The number of carbonyl (C=O) groups is 2. The van der Waals surface area contributed by atoms with Gasteiger partial charge in [0.1, 0.15) is 17.0 Å². The van der Waals surface area contributed by atoms with E-state index in [0.29, 0.717) is 41.7 Å². The van der Waals surface area contributed by atoms with Crippen LogP contribution in [0.3, 0.4) is 0 Å². The average Bonchev–Trinajstić information content (AvgIpc) is 3.51. The lowest BCUT2D eigenvalue weighted by atomic mass is 9.94. The van der Waals surface area contributed by atoms with E-state index < -0.39 is 18.6 Å². The fourth-order valence-corrected chi connectivity index (χ4v) is 6.22. The number of phenolic OH excluding ortho intramolecular Hbond substituents is 1. The van der Waals surface area contributed by atoms with Gasteiger partial charge in [0.2, 0.25) is 5.91 Å². The van der Waals surface area contributed by atoms with Crippen molar-refractivity contribution in [2.24, 2.45) is 0 Å². The standard InChI is InChI=1S/C28H24BrF3N6O3/c1-2-23(40)36-9-7-18-24-20(38(35-18)19-6-3-15(11-22(19)39)12-28(30,31)32)8-10-37(21(24)13-36)27(41)16-4-5-17(29)26-25(16)33-14-34-26/h2-6,11,14,21,39H,1,7-10,12-13H2,(H,33,34). The third kappa shape index (κ3) is 4.77. The summed E-state index contributed by atoms with van der Waals surface area (Å²) < 4.78 is 41.1. The number of halogens is 4. The molecule has 1 unspecified atom stereocenters. The van der Waals surface area contributed by atoms with Gasteiger partial charge in [0.25, 0.3) is 5.91 Å². The first-order chi connectivity index (χ1) is 19.6. The van der Waals surface area contributed by atoms with Gasteiger partial charge in [-0.2, -0.15) is 18.3 Å². The van der Waals surface area contributed by atoms with Crippen molar-refractivity contribution in [3.05, 3.63) is 81.9 Å². The van der Waals surface area contributed by atoms with E-state index in [1.165, 1.54) is 24.5 Å². The molecule has 212 valence electrons. The lowest BCUT2D eigenvalue weighted by Crippen LogP contribution is -2.45. The van der Waals surface area contributed by atoms with Crippen LogP contribution >= 0.6 is 15.9 Å². The third-order valence-corrected chi connectivity index (χ3v) is 8.25. The molecule has 2 aliphatic heterocycles. The maximum Gasteiger partial charge on any atom is 0.393 e. The Morgan fingerprint density at radius 1 is 1.20 bits per heavy atom. The predicted octanol–water partition coefficient (Wildman–Crippen LogP) is 4.63. The summed E-state index contributed by atoms with van der Waals surface area (Å²) in [7, 11) is 0. The molecule has 2 aliphatic rings. The number of imidazole rings is 1. The average molecular weight is 629 g/mol. The van der Waals surface area contributed by atoms with Gasteiger partial charge in [-0.3, -0.25) is 9.59 Å². The molecule has 1 atom stereocenters. The molecule has 2 amide bonds. The highest BCUT2D eigenvalue weighted by Gasteiger charge is 2.40.